The van der Waals surface area contributed by atoms with Crippen LogP contribution < -0.4 is 5.56 Å². The van der Waals surface area contributed by atoms with Gasteiger partial charge < -0.3 is 4.57 Å². The van der Waals surface area contributed by atoms with Gasteiger partial charge in [0.25, 0.3) is 5.56 Å². The Hall–Kier alpha value is -1.58. The first-order valence-electron chi connectivity index (χ1n) is 4.26. The van der Waals surface area contributed by atoms with Crippen LogP contribution in [0.3, 0.4) is 0 Å². The summed E-state index contributed by atoms with van der Waals surface area (Å²) in [4.78, 5) is 11.6. The van der Waals surface area contributed by atoms with E-state index in [9.17, 15) is 4.79 Å². The van der Waals surface area contributed by atoms with E-state index in [-0.39, 0.29) is 5.56 Å². The van der Waals surface area contributed by atoms with Crippen LogP contribution in [0.4, 0.5) is 0 Å². The second-order valence-electron chi connectivity index (χ2n) is 3.03. The molecule has 13 heavy (non-hydrogen) atoms. The molecule has 0 saturated carbocycles. The topological polar surface area (TPSA) is 39.3 Å². The lowest BCUT2D eigenvalue weighted by atomic mass is 10.3. The Kier molecular flexibility index (Phi) is 1.69. The van der Waals surface area contributed by atoms with Crippen LogP contribution in [0, 0.1) is 0 Å². The van der Waals surface area contributed by atoms with Crippen LogP contribution in [0.25, 0.3) is 5.52 Å². The minimum absolute atomic E-state index is 0.00491. The first kappa shape index (κ1) is 8.04. The summed E-state index contributed by atoms with van der Waals surface area (Å²) in [5, 5.41) is 4.24. The molecule has 0 unspecified atom stereocenters. The lowest BCUT2D eigenvalue weighted by Crippen LogP contribution is -2.17. The minimum atomic E-state index is -0.00491. The number of hydrogen-bond acceptors (Lipinski definition) is 2. The Morgan fingerprint density at radius 2 is 2.23 bits per heavy atom. The second-order valence-corrected chi connectivity index (χ2v) is 3.03. The summed E-state index contributed by atoms with van der Waals surface area (Å²) < 4.78 is 3.18. The maximum Gasteiger partial charge on any atom is 0.276 e. The van der Waals surface area contributed by atoms with E-state index < -0.39 is 0 Å². The van der Waals surface area contributed by atoms with Crippen LogP contribution in [0.5, 0.6) is 0 Å². The zero-order valence-corrected chi connectivity index (χ0v) is 7.69. The lowest BCUT2D eigenvalue weighted by molar-refractivity contribution is 0.811. The van der Waals surface area contributed by atoms with Gasteiger partial charge in [-0.25, -0.2) is 4.52 Å². The van der Waals surface area contributed by atoms with Crippen LogP contribution >= 0.6 is 0 Å². The first-order chi connectivity index (χ1) is 6.22. The molecule has 4 heteroatoms. The first-order valence-corrected chi connectivity index (χ1v) is 4.26. The van der Waals surface area contributed by atoms with Crippen molar-refractivity contribution in [2.24, 2.45) is 7.05 Å². The largest absolute Gasteiger partial charge is 0.315 e. The fourth-order valence-electron chi connectivity index (χ4n) is 1.30. The van der Waals surface area contributed by atoms with Crippen LogP contribution in [-0.4, -0.2) is 14.2 Å². The quantitative estimate of drug-likeness (QED) is 0.639. The molecule has 0 aliphatic carbocycles. The molecule has 0 saturated heterocycles. The number of rotatable bonds is 1. The lowest BCUT2D eigenvalue weighted by Gasteiger charge is -1.95. The van der Waals surface area contributed by atoms with Crippen LogP contribution in [0.15, 0.2) is 23.3 Å². The predicted molar refractivity (Wildman–Crippen MR) is 49.8 cm³/mol. The summed E-state index contributed by atoms with van der Waals surface area (Å²) in [5.41, 5.74) is 1.58. The molecule has 4 nitrogen and oxygen atoms in total. The minimum Gasteiger partial charge on any atom is -0.315 e. The van der Waals surface area contributed by atoms with Crippen LogP contribution in [0.2, 0.25) is 0 Å². The third-order valence-corrected chi connectivity index (χ3v) is 2.12. The van der Waals surface area contributed by atoms with Gasteiger partial charge in [0.1, 0.15) is 5.52 Å². The molecule has 0 aliphatic heterocycles. The highest BCUT2D eigenvalue weighted by atomic mass is 16.1. The number of nitrogens with zero attached hydrogens (tertiary/aromatic N) is 3. The van der Waals surface area contributed by atoms with Crippen molar-refractivity contribution in [2.75, 3.05) is 0 Å². The van der Waals surface area contributed by atoms with Crippen molar-refractivity contribution in [2.45, 2.75) is 13.3 Å². The van der Waals surface area contributed by atoms with Gasteiger partial charge in [-0.05, 0) is 12.5 Å². The maximum atomic E-state index is 11.6. The smallest absolute Gasteiger partial charge is 0.276 e. The molecule has 0 spiro atoms. The molecule has 2 aromatic rings. The van der Waals surface area contributed by atoms with Crippen LogP contribution in [0.1, 0.15) is 12.6 Å². The van der Waals surface area contributed by atoms with E-state index in [4.69, 9.17) is 0 Å². The average molecular weight is 177 g/mol. The van der Waals surface area contributed by atoms with Crippen molar-refractivity contribution < 1.29 is 0 Å². The Morgan fingerprint density at radius 3 is 2.92 bits per heavy atom. The summed E-state index contributed by atoms with van der Waals surface area (Å²) in [6.45, 7) is 2.02. The van der Waals surface area contributed by atoms with Gasteiger partial charge in [0.2, 0.25) is 0 Å². The third kappa shape index (κ3) is 1.14. The Morgan fingerprint density at radius 1 is 1.46 bits per heavy atom. The molecule has 0 aliphatic rings. The maximum absolute atomic E-state index is 11.6. The molecule has 0 N–H and O–H groups in total. The van der Waals surface area contributed by atoms with E-state index in [0.717, 1.165) is 12.1 Å². The van der Waals surface area contributed by atoms with Crippen molar-refractivity contribution in [3.05, 3.63) is 34.5 Å². The van der Waals surface area contributed by atoms with Gasteiger partial charge in [-0.2, -0.15) is 5.10 Å². The Labute approximate surface area is 75.4 Å². The van der Waals surface area contributed by atoms with Crippen LogP contribution in [-0.2, 0) is 13.5 Å². The SMILES string of the molecule is CCc1cc2c(=O)n(C)ccn2n1. The summed E-state index contributed by atoms with van der Waals surface area (Å²) in [5.74, 6) is 0. The summed E-state index contributed by atoms with van der Waals surface area (Å²) >= 11 is 0. The zero-order chi connectivity index (χ0) is 9.42. The van der Waals surface area contributed by atoms with Crippen molar-refractivity contribution >= 4 is 5.52 Å². The van der Waals surface area contributed by atoms with Crippen molar-refractivity contribution in [1.82, 2.24) is 14.2 Å². The molecule has 0 fully saturated rings. The highest BCUT2D eigenvalue weighted by Gasteiger charge is 2.03. The summed E-state index contributed by atoms with van der Waals surface area (Å²) in [7, 11) is 1.74. The molecule has 2 heterocycles. The fourth-order valence-corrected chi connectivity index (χ4v) is 1.30. The van der Waals surface area contributed by atoms with Gasteiger partial charge in [0.15, 0.2) is 0 Å². The molecule has 2 aromatic heterocycles. The van der Waals surface area contributed by atoms with Crippen molar-refractivity contribution in [3.8, 4) is 0 Å². The van der Waals surface area contributed by atoms with Gasteiger partial charge >= 0.3 is 0 Å². The second kappa shape index (κ2) is 2.73. The predicted octanol–water partition coefficient (Wildman–Crippen LogP) is 0.595. The normalized spacial score (nSPS) is 10.9. The molecule has 0 radical (unpaired) electrons. The number of aromatic nitrogens is 3. The molecule has 0 aromatic carbocycles. The molecular weight excluding hydrogens is 166 g/mol. The summed E-state index contributed by atoms with van der Waals surface area (Å²) in [6.07, 6.45) is 4.35. The highest BCUT2D eigenvalue weighted by Crippen LogP contribution is 2.01. The van der Waals surface area contributed by atoms with Gasteiger partial charge in [-0.3, -0.25) is 4.79 Å². The van der Waals surface area contributed by atoms with Crippen molar-refractivity contribution in [3.63, 3.8) is 0 Å². The van der Waals surface area contributed by atoms with E-state index >= 15 is 0 Å². The van der Waals surface area contributed by atoms with Gasteiger partial charge in [0, 0.05) is 19.4 Å². The Balaban J connectivity index is 2.84. The van der Waals surface area contributed by atoms with E-state index in [2.05, 4.69) is 5.10 Å². The van der Waals surface area contributed by atoms with Crippen molar-refractivity contribution in [1.29, 1.82) is 0 Å². The number of fused-ring (bicyclic) bond motifs is 1. The van der Waals surface area contributed by atoms with Gasteiger partial charge in [-0.15, -0.1) is 0 Å². The third-order valence-electron chi connectivity index (χ3n) is 2.12. The number of aryl methyl sites for hydroxylation is 2. The Bertz CT molecular complexity index is 495. The van der Waals surface area contributed by atoms with E-state index in [1.165, 1.54) is 0 Å². The molecule has 2 rings (SSSR count). The van der Waals surface area contributed by atoms with Gasteiger partial charge in [0.05, 0.1) is 5.69 Å². The number of hydrogen-bond donors (Lipinski definition) is 0. The van der Waals surface area contributed by atoms with E-state index in [1.54, 1.807) is 28.5 Å². The van der Waals surface area contributed by atoms with Gasteiger partial charge in [-0.1, -0.05) is 6.92 Å². The molecule has 68 valence electrons. The van der Waals surface area contributed by atoms with E-state index in [0.29, 0.717) is 5.52 Å². The molecule has 0 bridgehead atoms. The average Bonchev–Trinajstić information content (AvgIpc) is 2.55. The molecular formula is C9H11N3O. The standard InChI is InChI=1S/C9H11N3O/c1-3-7-6-8-9(13)11(2)4-5-12(8)10-7/h4-6H,3H2,1-2H3. The van der Waals surface area contributed by atoms with E-state index in [1.807, 2.05) is 13.0 Å². The summed E-state index contributed by atoms with van der Waals surface area (Å²) in [6, 6.07) is 1.84. The molecule has 0 atom stereocenters. The highest BCUT2D eigenvalue weighted by molar-refractivity contribution is 5.45. The monoisotopic (exact) mass is 177 g/mol. The fraction of sp³-hybridized carbons (Fsp3) is 0.333. The molecule has 0 amide bonds. The zero-order valence-electron chi connectivity index (χ0n) is 7.69.